The number of hydrogen-bond acceptors (Lipinski definition) is 3. The summed E-state index contributed by atoms with van der Waals surface area (Å²) in [4.78, 5) is 14.6. The van der Waals surface area contributed by atoms with Gasteiger partial charge in [-0.2, -0.15) is 0 Å². The SMILES string of the molecule is Cc1ccccc1CN(c1ccc(C(=O)N2CCC[C@@H](C)C2)cc1)S(C)(=O)=O. The van der Waals surface area contributed by atoms with Crippen molar-refractivity contribution in [1.29, 1.82) is 0 Å². The summed E-state index contributed by atoms with van der Waals surface area (Å²) in [6, 6.07) is 14.6. The number of sulfonamides is 1. The first-order valence-corrected chi connectivity index (χ1v) is 11.5. The lowest BCUT2D eigenvalue weighted by Gasteiger charge is -2.31. The van der Waals surface area contributed by atoms with Crippen LogP contribution in [0.1, 0.15) is 41.3 Å². The molecule has 1 fully saturated rings. The second-order valence-corrected chi connectivity index (χ2v) is 9.65. The van der Waals surface area contributed by atoms with Gasteiger partial charge in [0.05, 0.1) is 18.5 Å². The Bertz CT molecular complexity index is 939. The standard InChI is InChI=1S/C22H28N2O3S/c1-17-7-6-14-23(15-17)22(25)19-10-12-21(13-11-19)24(28(3,26)27)16-20-9-5-4-8-18(20)2/h4-5,8-13,17H,6-7,14-16H2,1-3H3/t17-/m1/s1. The molecule has 1 saturated heterocycles. The predicted octanol–water partition coefficient (Wildman–Crippen LogP) is 3.83. The van der Waals surface area contributed by atoms with E-state index in [1.807, 2.05) is 36.1 Å². The minimum absolute atomic E-state index is 0.0166. The van der Waals surface area contributed by atoms with Crippen LogP contribution in [0.5, 0.6) is 0 Å². The molecular formula is C22H28N2O3S. The summed E-state index contributed by atoms with van der Waals surface area (Å²) >= 11 is 0. The predicted molar refractivity (Wildman–Crippen MR) is 113 cm³/mol. The number of piperidine rings is 1. The van der Waals surface area contributed by atoms with Gasteiger partial charge in [-0.25, -0.2) is 8.42 Å². The molecule has 150 valence electrons. The van der Waals surface area contributed by atoms with Crippen molar-refractivity contribution in [3.05, 3.63) is 65.2 Å². The fourth-order valence-corrected chi connectivity index (χ4v) is 4.55. The largest absolute Gasteiger partial charge is 0.338 e. The summed E-state index contributed by atoms with van der Waals surface area (Å²) in [5.41, 5.74) is 3.16. The normalized spacial score (nSPS) is 17.4. The average Bonchev–Trinajstić information content (AvgIpc) is 2.66. The van der Waals surface area contributed by atoms with Gasteiger partial charge in [-0.05, 0) is 61.1 Å². The lowest BCUT2D eigenvalue weighted by atomic mass is 9.99. The van der Waals surface area contributed by atoms with Crippen molar-refractivity contribution in [2.75, 3.05) is 23.7 Å². The van der Waals surface area contributed by atoms with Crippen LogP contribution in [-0.4, -0.2) is 38.6 Å². The third-order valence-corrected chi connectivity index (χ3v) is 6.46. The Kier molecular flexibility index (Phi) is 6.08. The Morgan fingerprint density at radius 3 is 2.43 bits per heavy atom. The Labute approximate surface area is 168 Å². The molecule has 1 aliphatic heterocycles. The molecule has 5 nitrogen and oxygen atoms in total. The zero-order valence-corrected chi connectivity index (χ0v) is 17.6. The number of hydrogen-bond donors (Lipinski definition) is 0. The topological polar surface area (TPSA) is 57.7 Å². The number of carbonyl (C=O) groups excluding carboxylic acids is 1. The highest BCUT2D eigenvalue weighted by molar-refractivity contribution is 7.92. The van der Waals surface area contributed by atoms with Crippen LogP contribution >= 0.6 is 0 Å². The zero-order chi connectivity index (χ0) is 20.3. The van der Waals surface area contributed by atoms with Crippen LogP contribution in [0.4, 0.5) is 5.69 Å². The van der Waals surface area contributed by atoms with E-state index >= 15 is 0 Å². The maximum Gasteiger partial charge on any atom is 0.253 e. The van der Waals surface area contributed by atoms with E-state index in [4.69, 9.17) is 0 Å². The average molecular weight is 401 g/mol. The lowest BCUT2D eigenvalue weighted by molar-refractivity contribution is 0.0683. The van der Waals surface area contributed by atoms with Crippen molar-refractivity contribution in [3.8, 4) is 0 Å². The first-order valence-electron chi connectivity index (χ1n) is 9.67. The molecule has 0 unspecified atom stereocenters. The van der Waals surface area contributed by atoms with Gasteiger partial charge in [0.15, 0.2) is 0 Å². The van der Waals surface area contributed by atoms with E-state index in [1.54, 1.807) is 24.3 Å². The minimum Gasteiger partial charge on any atom is -0.338 e. The third-order valence-electron chi connectivity index (χ3n) is 5.32. The molecule has 3 rings (SSSR count). The second kappa shape index (κ2) is 8.35. The monoisotopic (exact) mass is 400 g/mol. The van der Waals surface area contributed by atoms with E-state index in [9.17, 15) is 13.2 Å². The highest BCUT2D eigenvalue weighted by Gasteiger charge is 2.23. The number of aryl methyl sites for hydroxylation is 1. The summed E-state index contributed by atoms with van der Waals surface area (Å²) in [7, 11) is -3.46. The highest BCUT2D eigenvalue weighted by Crippen LogP contribution is 2.24. The Morgan fingerprint density at radius 2 is 1.82 bits per heavy atom. The van der Waals surface area contributed by atoms with Crippen molar-refractivity contribution in [1.82, 2.24) is 4.90 Å². The Balaban J connectivity index is 1.82. The highest BCUT2D eigenvalue weighted by atomic mass is 32.2. The van der Waals surface area contributed by atoms with Crippen LogP contribution in [0, 0.1) is 12.8 Å². The molecule has 0 bridgehead atoms. The van der Waals surface area contributed by atoms with Gasteiger partial charge in [0.2, 0.25) is 10.0 Å². The molecule has 1 amide bonds. The molecule has 2 aromatic rings. The zero-order valence-electron chi connectivity index (χ0n) is 16.8. The maximum atomic E-state index is 12.8. The molecule has 0 aliphatic carbocycles. The molecule has 1 heterocycles. The summed E-state index contributed by atoms with van der Waals surface area (Å²) < 4.78 is 26.2. The van der Waals surface area contributed by atoms with Crippen LogP contribution in [0.25, 0.3) is 0 Å². The minimum atomic E-state index is -3.46. The summed E-state index contributed by atoms with van der Waals surface area (Å²) in [5, 5.41) is 0. The van der Waals surface area contributed by atoms with Crippen LogP contribution < -0.4 is 4.31 Å². The summed E-state index contributed by atoms with van der Waals surface area (Å²) in [5.74, 6) is 0.537. The number of nitrogens with zero attached hydrogens (tertiary/aromatic N) is 2. The molecular weight excluding hydrogens is 372 g/mol. The number of rotatable bonds is 5. The molecule has 0 aromatic heterocycles. The molecule has 0 N–H and O–H groups in total. The van der Waals surface area contributed by atoms with Crippen LogP contribution in [0.2, 0.25) is 0 Å². The summed E-state index contributed by atoms with van der Waals surface area (Å²) in [6.07, 6.45) is 3.40. The van der Waals surface area contributed by atoms with E-state index in [0.717, 1.165) is 37.1 Å². The molecule has 0 saturated carbocycles. The molecule has 2 aromatic carbocycles. The van der Waals surface area contributed by atoms with Gasteiger partial charge < -0.3 is 4.90 Å². The van der Waals surface area contributed by atoms with Crippen molar-refractivity contribution < 1.29 is 13.2 Å². The van der Waals surface area contributed by atoms with Gasteiger partial charge in [0.25, 0.3) is 5.91 Å². The van der Waals surface area contributed by atoms with E-state index in [2.05, 4.69) is 6.92 Å². The number of likely N-dealkylation sites (tertiary alicyclic amines) is 1. The van der Waals surface area contributed by atoms with Crippen molar-refractivity contribution in [2.24, 2.45) is 5.92 Å². The van der Waals surface area contributed by atoms with Gasteiger partial charge in [0.1, 0.15) is 0 Å². The molecule has 0 spiro atoms. The molecule has 1 atom stereocenters. The number of anilines is 1. The van der Waals surface area contributed by atoms with Crippen molar-refractivity contribution in [2.45, 2.75) is 33.2 Å². The molecule has 0 radical (unpaired) electrons. The van der Waals surface area contributed by atoms with E-state index < -0.39 is 10.0 Å². The van der Waals surface area contributed by atoms with Gasteiger partial charge in [-0.1, -0.05) is 31.2 Å². The summed E-state index contributed by atoms with van der Waals surface area (Å²) in [6.45, 7) is 5.97. The van der Waals surface area contributed by atoms with Crippen LogP contribution in [-0.2, 0) is 16.6 Å². The van der Waals surface area contributed by atoms with E-state index in [1.165, 1.54) is 10.6 Å². The Hall–Kier alpha value is -2.34. The number of benzene rings is 2. The second-order valence-electron chi connectivity index (χ2n) is 7.74. The third kappa shape index (κ3) is 4.73. The van der Waals surface area contributed by atoms with Crippen LogP contribution in [0.3, 0.4) is 0 Å². The quantitative estimate of drug-likeness (QED) is 0.766. The van der Waals surface area contributed by atoms with E-state index in [-0.39, 0.29) is 12.5 Å². The Morgan fingerprint density at radius 1 is 1.14 bits per heavy atom. The van der Waals surface area contributed by atoms with Gasteiger partial charge in [-0.3, -0.25) is 9.10 Å². The molecule has 6 heteroatoms. The smallest absolute Gasteiger partial charge is 0.253 e. The van der Waals surface area contributed by atoms with E-state index in [0.29, 0.717) is 17.2 Å². The van der Waals surface area contributed by atoms with Gasteiger partial charge in [0, 0.05) is 18.7 Å². The fraction of sp³-hybridized carbons (Fsp3) is 0.409. The van der Waals surface area contributed by atoms with Gasteiger partial charge >= 0.3 is 0 Å². The lowest BCUT2D eigenvalue weighted by Crippen LogP contribution is -2.39. The molecule has 1 aliphatic rings. The number of amides is 1. The first kappa shape index (κ1) is 20.4. The fourth-order valence-electron chi connectivity index (χ4n) is 3.67. The number of carbonyl (C=O) groups is 1. The molecule has 28 heavy (non-hydrogen) atoms. The maximum absolute atomic E-state index is 12.8. The van der Waals surface area contributed by atoms with Crippen LogP contribution in [0.15, 0.2) is 48.5 Å². The van der Waals surface area contributed by atoms with Gasteiger partial charge in [-0.15, -0.1) is 0 Å². The first-order chi connectivity index (χ1) is 13.3. The van der Waals surface area contributed by atoms with Crippen molar-refractivity contribution >= 4 is 21.6 Å². The van der Waals surface area contributed by atoms with Crippen molar-refractivity contribution in [3.63, 3.8) is 0 Å².